The first kappa shape index (κ1) is 42.9. The smallest absolute Gasteiger partial charge is 0.254 e. The summed E-state index contributed by atoms with van der Waals surface area (Å²) in [5.74, 6) is 0.555. The van der Waals surface area contributed by atoms with E-state index >= 15 is 0 Å². The van der Waals surface area contributed by atoms with E-state index in [1.54, 1.807) is 49.0 Å². The number of carbonyl (C=O) groups is 1. The van der Waals surface area contributed by atoms with Crippen LogP contribution in [0.2, 0.25) is 0 Å². The summed E-state index contributed by atoms with van der Waals surface area (Å²) in [6.07, 6.45) is 0.146. The third kappa shape index (κ3) is 13.5. The SMILES string of the molecule is COC(C)c1nc(CN(Cc2ccc(C#N)cc2)Cc2cccc(F)c2)cs1.COc1ccccc1CN(Cc1cccs1)C(=O)c1ccc(COC(C)C)cc1. The van der Waals surface area contributed by atoms with Crippen molar-refractivity contribution in [2.24, 2.45) is 0 Å². The standard InChI is InChI=1S/C24H27NO3S.C22H22FN3OS/c1-18(2)28-17-19-10-12-20(13-11-19)24(26)25(16-22-8-6-14-29-22)15-21-7-4-5-9-23(21)27-3;1-16(27-2)22-25-21(15-28-22)14-26(13-19-4-3-5-20(23)10-19)12-18-8-6-17(11-24)7-9-18/h4-14,18H,15-17H2,1-3H3;3-10,15-16H,12-14H2,1-2H3. The number of methoxy groups -OCH3 is 2. The van der Waals surface area contributed by atoms with Gasteiger partial charge in [-0.05, 0) is 91.4 Å². The van der Waals surface area contributed by atoms with E-state index in [2.05, 4.69) is 22.0 Å². The summed E-state index contributed by atoms with van der Waals surface area (Å²) in [6, 6.07) is 35.9. The second-order valence-corrected chi connectivity index (χ2v) is 15.7. The lowest BCUT2D eigenvalue weighted by atomic mass is 10.1. The Bertz CT molecular complexity index is 2170. The normalized spacial score (nSPS) is 11.5. The van der Waals surface area contributed by atoms with Crippen molar-refractivity contribution in [3.8, 4) is 11.8 Å². The van der Waals surface area contributed by atoms with Gasteiger partial charge in [-0.25, -0.2) is 9.37 Å². The molecule has 6 aromatic rings. The van der Waals surface area contributed by atoms with E-state index in [4.69, 9.17) is 19.5 Å². The van der Waals surface area contributed by atoms with Crippen molar-refractivity contribution in [2.75, 3.05) is 14.2 Å². The first-order valence-corrected chi connectivity index (χ1v) is 20.5. The minimum Gasteiger partial charge on any atom is -0.496 e. The molecule has 1 atom stereocenters. The molecule has 6 rings (SSSR count). The number of benzene rings is 4. The highest BCUT2D eigenvalue weighted by Crippen LogP contribution is 2.25. The lowest BCUT2D eigenvalue weighted by Gasteiger charge is -2.23. The molecule has 8 nitrogen and oxygen atoms in total. The van der Waals surface area contributed by atoms with Crippen molar-refractivity contribution >= 4 is 28.6 Å². The Hall–Kier alpha value is -5.22. The quantitative estimate of drug-likeness (QED) is 0.0907. The molecule has 0 saturated heterocycles. The molecule has 0 bridgehead atoms. The van der Waals surface area contributed by atoms with Crippen LogP contribution in [-0.2, 0) is 48.8 Å². The molecular weight excluding hydrogens is 756 g/mol. The van der Waals surface area contributed by atoms with E-state index in [0.717, 1.165) is 43.6 Å². The summed E-state index contributed by atoms with van der Waals surface area (Å²) in [6.45, 7) is 9.51. The van der Waals surface area contributed by atoms with Gasteiger partial charge >= 0.3 is 0 Å². The highest BCUT2D eigenvalue weighted by atomic mass is 32.1. The van der Waals surface area contributed by atoms with Crippen molar-refractivity contribution in [2.45, 2.75) is 72.3 Å². The maximum Gasteiger partial charge on any atom is 0.254 e. The van der Waals surface area contributed by atoms with Crippen LogP contribution < -0.4 is 4.74 Å². The number of carbonyl (C=O) groups excluding carboxylic acids is 1. The third-order valence-corrected chi connectivity index (χ3v) is 10.9. The second kappa shape index (κ2) is 21.9. The van der Waals surface area contributed by atoms with Gasteiger partial charge in [0.2, 0.25) is 0 Å². The van der Waals surface area contributed by atoms with Gasteiger partial charge in [0.15, 0.2) is 0 Å². The van der Waals surface area contributed by atoms with Gasteiger partial charge in [0.1, 0.15) is 22.7 Å². The molecule has 1 unspecified atom stereocenters. The molecule has 296 valence electrons. The molecule has 0 aliphatic rings. The van der Waals surface area contributed by atoms with E-state index in [9.17, 15) is 9.18 Å². The average Bonchev–Trinajstić information content (AvgIpc) is 3.93. The zero-order valence-corrected chi connectivity index (χ0v) is 34.7. The van der Waals surface area contributed by atoms with Gasteiger partial charge in [-0.15, -0.1) is 22.7 Å². The summed E-state index contributed by atoms with van der Waals surface area (Å²) < 4.78 is 30.1. The Morgan fingerprint density at radius 3 is 2.21 bits per heavy atom. The predicted octanol–water partition coefficient (Wildman–Crippen LogP) is 10.6. The average molecular weight is 805 g/mol. The first-order valence-electron chi connectivity index (χ1n) is 18.7. The molecule has 0 fully saturated rings. The molecule has 11 heteroatoms. The zero-order chi connectivity index (χ0) is 40.6. The number of nitriles is 1. The van der Waals surface area contributed by atoms with Crippen LogP contribution in [0, 0.1) is 17.1 Å². The van der Waals surface area contributed by atoms with E-state index in [0.29, 0.717) is 50.5 Å². The van der Waals surface area contributed by atoms with Gasteiger partial charge in [-0.3, -0.25) is 9.69 Å². The highest BCUT2D eigenvalue weighted by molar-refractivity contribution is 7.10. The monoisotopic (exact) mass is 804 g/mol. The van der Waals surface area contributed by atoms with Crippen LogP contribution in [0.3, 0.4) is 0 Å². The Morgan fingerprint density at radius 1 is 0.807 bits per heavy atom. The van der Waals surface area contributed by atoms with Crippen LogP contribution in [0.5, 0.6) is 5.75 Å². The molecule has 4 aromatic carbocycles. The molecular formula is C46H49FN4O4S2. The van der Waals surface area contributed by atoms with Gasteiger partial charge in [0, 0.05) is 48.1 Å². The Kier molecular flexibility index (Phi) is 16.5. The molecule has 2 aromatic heterocycles. The van der Waals surface area contributed by atoms with Crippen LogP contribution in [0.4, 0.5) is 4.39 Å². The second-order valence-electron chi connectivity index (χ2n) is 13.7. The number of rotatable bonds is 17. The number of ether oxygens (including phenoxy) is 3. The number of hydrogen-bond donors (Lipinski definition) is 0. The summed E-state index contributed by atoms with van der Waals surface area (Å²) >= 11 is 3.24. The number of aromatic nitrogens is 1. The number of halogens is 1. The lowest BCUT2D eigenvalue weighted by molar-refractivity contribution is 0.0655. The first-order chi connectivity index (χ1) is 27.6. The summed E-state index contributed by atoms with van der Waals surface area (Å²) in [5, 5.41) is 14.0. The maximum atomic E-state index is 13.6. The fraction of sp³-hybridized carbons (Fsp3) is 0.283. The number of thiophene rings is 1. The van der Waals surface area contributed by atoms with E-state index < -0.39 is 0 Å². The molecule has 1 amide bonds. The van der Waals surface area contributed by atoms with Gasteiger partial charge < -0.3 is 19.1 Å². The van der Waals surface area contributed by atoms with Gasteiger partial charge in [-0.2, -0.15) is 5.26 Å². The molecule has 0 N–H and O–H groups in total. The Morgan fingerprint density at radius 2 is 1.54 bits per heavy atom. The number of thiazole rings is 1. The van der Waals surface area contributed by atoms with Crippen molar-refractivity contribution < 1.29 is 23.4 Å². The largest absolute Gasteiger partial charge is 0.496 e. The third-order valence-electron chi connectivity index (χ3n) is 8.99. The van der Waals surface area contributed by atoms with Crippen LogP contribution in [0.25, 0.3) is 0 Å². The van der Waals surface area contributed by atoms with Crippen molar-refractivity contribution in [1.82, 2.24) is 14.8 Å². The van der Waals surface area contributed by atoms with Gasteiger partial charge in [0.25, 0.3) is 5.91 Å². The molecule has 2 heterocycles. The van der Waals surface area contributed by atoms with E-state index in [1.165, 1.54) is 6.07 Å². The molecule has 0 aliphatic carbocycles. The minimum absolute atomic E-state index is 0.000587. The summed E-state index contributed by atoms with van der Waals surface area (Å²) in [4.78, 5) is 23.2. The summed E-state index contributed by atoms with van der Waals surface area (Å²) in [7, 11) is 3.33. The van der Waals surface area contributed by atoms with Crippen molar-refractivity contribution in [3.63, 3.8) is 0 Å². The van der Waals surface area contributed by atoms with Crippen molar-refractivity contribution in [3.05, 3.63) is 175 Å². The van der Waals surface area contributed by atoms with Crippen molar-refractivity contribution in [1.29, 1.82) is 5.26 Å². The zero-order valence-electron chi connectivity index (χ0n) is 33.1. The highest BCUT2D eigenvalue weighted by Gasteiger charge is 2.19. The lowest BCUT2D eigenvalue weighted by Crippen LogP contribution is -2.30. The fourth-order valence-electron chi connectivity index (χ4n) is 5.93. The molecule has 0 spiro atoms. The van der Waals surface area contributed by atoms with Crippen LogP contribution in [0.1, 0.15) is 80.6 Å². The number of amides is 1. The number of hydrogen-bond acceptors (Lipinski definition) is 9. The maximum absolute atomic E-state index is 13.6. The number of para-hydroxylation sites is 1. The predicted molar refractivity (Wildman–Crippen MR) is 225 cm³/mol. The number of nitrogens with zero attached hydrogens (tertiary/aromatic N) is 4. The minimum atomic E-state index is -0.235. The Balaban J connectivity index is 0.000000218. The van der Waals surface area contributed by atoms with E-state index in [1.807, 2.05) is 121 Å². The molecule has 57 heavy (non-hydrogen) atoms. The van der Waals surface area contributed by atoms with Gasteiger partial charge in [0.05, 0.1) is 50.2 Å². The van der Waals surface area contributed by atoms with Gasteiger partial charge in [-0.1, -0.05) is 60.7 Å². The van der Waals surface area contributed by atoms with E-state index in [-0.39, 0.29) is 23.9 Å². The topological polar surface area (TPSA) is 87.9 Å². The van der Waals surface area contributed by atoms with Crippen LogP contribution in [0.15, 0.2) is 120 Å². The molecule has 0 radical (unpaired) electrons. The Labute approximate surface area is 343 Å². The fourth-order valence-corrected chi connectivity index (χ4v) is 7.50. The van der Waals surface area contributed by atoms with Crippen LogP contribution in [-0.4, -0.2) is 41.0 Å². The van der Waals surface area contributed by atoms with Crippen LogP contribution >= 0.6 is 22.7 Å². The molecule has 0 aliphatic heterocycles. The molecule has 0 saturated carbocycles. The summed E-state index contributed by atoms with van der Waals surface area (Å²) in [5.41, 5.74) is 6.33.